The molecular weight excluding hydrogens is 506 g/mol. The van der Waals surface area contributed by atoms with Gasteiger partial charge in [-0.05, 0) is 73.5 Å². The number of hydrogen-bond acceptors (Lipinski definition) is 7. The Kier molecular flexibility index (Phi) is 6.00. The number of carbonyl (C=O) groups excluding carboxylic acids is 2. The highest BCUT2D eigenvalue weighted by atomic mass is 16.6. The third-order valence-corrected chi connectivity index (χ3v) is 9.64. The van der Waals surface area contributed by atoms with E-state index in [9.17, 15) is 14.7 Å². The summed E-state index contributed by atoms with van der Waals surface area (Å²) in [6.07, 6.45) is 7.84. The SMILES string of the molecule is CC(C)=CC[C@@]12OC[C@@H]3[C@@H](CN(C(C)C)C(C)C)[C@@H](C=C4C(=O)c5c(cc6c(c5O)C=CC(C)(C)O6)O[C@]431)C2=O. The molecule has 4 bridgehead atoms. The first-order chi connectivity index (χ1) is 18.7. The zero-order valence-corrected chi connectivity index (χ0v) is 24.8. The molecule has 214 valence electrons. The number of hydrogen-bond donors (Lipinski definition) is 1. The summed E-state index contributed by atoms with van der Waals surface area (Å²) in [5.74, 6) is -0.496. The molecule has 1 saturated heterocycles. The average Bonchev–Trinajstić information content (AvgIpc) is 3.13. The summed E-state index contributed by atoms with van der Waals surface area (Å²) >= 11 is 0. The average molecular weight is 548 g/mol. The minimum Gasteiger partial charge on any atom is -0.506 e. The maximum absolute atomic E-state index is 14.5. The number of phenols is 1. The van der Waals surface area contributed by atoms with Crippen molar-refractivity contribution in [3.8, 4) is 17.2 Å². The van der Waals surface area contributed by atoms with Crippen LogP contribution in [-0.4, -0.2) is 63.6 Å². The molecule has 6 aliphatic rings. The van der Waals surface area contributed by atoms with Crippen molar-refractivity contribution in [3.63, 3.8) is 0 Å². The number of phenolic OH excluding ortho intramolecular Hbond substituents is 1. The fourth-order valence-corrected chi connectivity index (χ4v) is 7.78. The molecule has 1 N–H and O–H groups in total. The van der Waals surface area contributed by atoms with Crippen LogP contribution in [0.2, 0.25) is 0 Å². The Morgan fingerprint density at radius 2 is 1.82 bits per heavy atom. The van der Waals surface area contributed by atoms with Gasteiger partial charge in [0, 0.05) is 48.5 Å². The van der Waals surface area contributed by atoms with E-state index in [1.54, 1.807) is 12.1 Å². The summed E-state index contributed by atoms with van der Waals surface area (Å²) in [7, 11) is 0. The van der Waals surface area contributed by atoms with Crippen LogP contribution in [0.5, 0.6) is 17.2 Å². The normalized spacial score (nSPS) is 32.5. The first kappa shape index (κ1) is 27.3. The molecule has 0 aromatic heterocycles. The monoisotopic (exact) mass is 547 g/mol. The summed E-state index contributed by atoms with van der Waals surface area (Å²) in [6.45, 7) is 17.6. The summed E-state index contributed by atoms with van der Waals surface area (Å²) in [4.78, 5) is 31.2. The predicted octanol–water partition coefficient (Wildman–Crippen LogP) is 5.51. The number of carbonyl (C=O) groups is 2. The molecule has 2 fully saturated rings. The van der Waals surface area contributed by atoms with Gasteiger partial charge in [0.25, 0.3) is 0 Å². The molecule has 7 nitrogen and oxygen atoms in total. The zero-order chi connectivity index (χ0) is 28.9. The lowest BCUT2D eigenvalue weighted by atomic mass is 9.49. The molecule has 40 heavy (non-hydrogen) atoms. The third-order valence-electron chi connectivity index (χ3n) is 9.64. The van der Waals surface area contributed by atoms with Crippen molar-refractivity contribution in [3.05, 3.63) is 46.6 Å². The minimum atomic E-state index is -1.31. The van der Waals surface area contributed by atoms with Crippen LogP contribution in [-0.2, 0) is 9.53 Å². The molecule has 7 rings (SSSR count). The van der Waals surface area contributed by atoms with Crippen LogP contribution in [0.3, 0.4) is 0 Å². The number of fused-ring (bicyclic) bond motifs is 2. The van der Waals surface area contributed by atoms with Crippen LogP contribution in [0, 0.1) is 17.8 Å². The smallest absolute Gasteiger partial charge is 0.200 e. The van der Waals surface area contributed by atoms with Gasteiger partial charge in [-0.2, -0.15) is 0 Å². The number of benzene rings is 1. The van der Waals surface area contributed by atoms with Crippen molar-refractivity contribution in [1.82, 2.24) is 4.90 Å². The van der Waals surface area contributed by atoms with Crippen LogP contribution in [0.25, 0.3) is 6.08 Å². The van der Waals surface area contributed by atoms with E-state index < -0.39 is 22.7 Å². The Morgan fingerprint density at radius 1 is 1.12 bits per heavy atom. The van der Waals surface area contributed by atoms with Gasteiger partial charge in [0.15, 0.2) is 22.8 Å². The second kappa shape index (κ2) is 8.80. The van der Waals surface area contributed by atoms with E-state index >= 15 is 0 Å². The fraction of sp³-hybridized carbons (Fsp3) is 0.576. The third kappa shape index (κ3) is 3.49. The van der Waals surface area contributed by atoms with Crippen molar-refractivity contribution < 1.29 is 28.9 Å². The second-order valence-electron chi connectivity index (χ2n) is 13.5. The van der Waals surface area contributed by atoms with E-state index in [1.165, 1.54) is 0 Å². The van der Waals surface area contributed by atoms with Crippen molar-refractivity contribution in [2.24, 2.45) is 17.8 Å². The van der Waals surface area contributed by atoms with Crippen LogP contribution in [0.1, 0.15) is 77.7 Å². The van der Waals surface area contributed by atoms with Crippen molar-refractivity contribution in [2.45, 2.75) is 90.7 Å². The van der Waals surface area contributed by atoms with Gasteiger partial charge in [-0.25, -0.2) is 0 Å². The molecule has 3 aliphatic heterocycles. The molecule has 3 aliphatic carbocycles. The molecule has 0 unspecified atom stereocenters. The Balaban J connectivity index is 1.55. The van der Waals surface area contributed by atoms with Crippen molar-refractivity contribution in [1.29, 1.82) is 0 Å². The number of rotatable bonds is 6. The maximum Gasteiger partial charge on any atom is 0.200 e. The van der Waals surface area contributed by atoms with Crippen LogP contribution in [0.4, 0.5) is 0 Å². The van der Waals surface area contributed by atoms with Crippen molar-refractivity contribution in [2.75, 3.05) is 13.2 Å². The van der Waals surface area contributed by atoms with E-state index in [-0.39, 0.29) is 40.5 Å². The second-order valence-corrected chi connectivity index (χ2v) is 13.5. The summed E-state index contributed by atoms with van der Waals surface area (Å²) in [5.41, 5.74) is -1.06. The van der Waals surface area contributed by atoms with Gasteiger partial charge < -0.3 is 19.3 Å². The highest BCUT2D eigenvalue weighted by Gasteiger charge is 2.79. The number of allylic oxidation sites excluding steroid dienone is 2. The lowest BCUT2D eigenvalue weighted by molar-refractivity contribution is -0.171. The van der Waals surface area contributed by atoms with Gasteiger partial charge in [-0.3, -0.25) is 14.5 Å². The highest BCUT2D eigenvalue weighted by Crippen LogP contribution is 2.65. The standard InChI is InChI=1S/C33H41NO6/c1-17(2)9-12-32-30(37)21-13-23-29(36)27-26(14-25-20(28(27)35)10-11-31(7,8)39-25)40-33(23,32)24(16-38-32)22(21)15-34(18(3)4)19(5)6/h9-11,13-14,18-19,21-22,24,35H,12,15-16H2,1-8H3/t21-,22+,24-,32+,33-/m1/s1. The summed E-state index contributed by atoms with van der Waals surface area (Å²) in [5, 5.41) is 11.3. The maximum atomic E-state index is 14.5. The fourth-order valence-electron chi connectivity index (χ4n) is 7.78. The van der Waals surface area contributed by atoms with E-state index in [4.69, 9.17) is 14.2 Å². The van der Waals surface area contributed by atoms with Gasteiger partial charge in [0.1, 0.15) is 28.4 Å². The number of ketones is 2. The van der Waals surface area contributed by atoms with Gasteiger partial charge in [0.05, 0.1) is 12.2 Å². The Labute approximate surface area is 236 Å². The molecule has 0 radical (unpaired) electrons. The quantitative estimate of drug-likeness (QED) is 0.471. The largest absolute Gasteiger partial charge is 0.506 e. The predicted molar refractivity (Wildman–Crippen MR) is 153 cm³/mol. The Morgan fingerprint density at radius 3 is 2.48 bits per heavy atom. The lowest BCUT2D eigenvalue weighted by Gasteiger charge is -2.59. The molecule has 1 saturated carbocycles. The molecular formula is C33H41NO6. The molecule has 5 atom stereocenters. The lowest BCUT2D eigenvalue weighted by Crippen LogP contribution is -2.74. The molecule has 3 heterocycles. The number of Topliss-reactive ketones (excluding diaryl/α,β-unsaturated/α-hetero) is 2. The van der Waals surface area contributed by atoms with E-state index in [2.05, 4.69) is 32.6 Å². The first-order valence-corrected chi connectivity index (χ1v) is 14.6. The Hall–Kier alpha value is -2.90. The molecule has 7 heteroatoms. The van der Waals surface area contributed by atoms with Gasteiger partial charge >= 0.3 is 0 Å². The first-order valence-electron chi connectivity index (χ1n) is 14.6. The van der Waals surface area contributed by atoms with E-state index in [0.717, 1.165) is 5.57 Å². The Bertz CT molecular complexity index is 1390. The zero-order valence-electron chi connectivity index (χ0n) is 24.8. The van der Waals surface area contributed by atoms with Gasteiger partial charge in [-0.1, -0.05) is 17.7 Å². The van der Waals surface area contributed by atoms with Crippen LogP contribution < -0.4 is 9.47 Å². The minimum absolute atomic E-state index is 0.0151. The van der Waals surface area contributed by atoms with Gasteiger partial charge in [0.2, 0.25) is 0 Å². The summed E-state index contributed by atoms with van der Waals surface area (Å²) < 4.78 is 19.7. The van der Waals surface area contributed by atoms with Crippen LogP contribution in [0.15, 0.2) is 35.4 Å². The van der Waals surface area contributed by atoms with Crippen molar-refractivity contribution >= 4 is 17.6 Å². The number of aromatic hydroxyl groups is 1. The molecule has 0 amide bonds. The van der Waals surface area contributed by atoms with Gasteiger partial charge in [-0.15, -0.1) is 0 Å². The van der Waals surface area contributed by atoms with E-state index in [0.29, 0.717) is 48.5 Å². The highest BCUT2D eigenvalue weighted by molar-refractivity contribution is 6.18. The van der Waals surface area contributed by atoms with Crippen LogP contribution >= 0.6 is 0 Å². The summed E-state index contributed by atoms with van der Waals surface area (Å²) in [6, 6.07) is 2.30. The topological polar surface area (TPSA) is 85.3 Å². The molecule has 1 aromatic carbocycles. The van der Waals surface area contributed by atoms with E-state index in [1.807, 2.05) is 45.9 Å². The number of nitrogens with zero attached hydrogens (tertiary/aromatic N) is 1. The molecule has 1 aromatic rings. The number of ether oxygens (including phenoxy) is 3. The molecule has 1 spiro atoms.